The maximum atomic E-state index is 13.5. The monoisotopic (exact) mass is 601 g/mol. The molecule has 0 aliphatic heterocycles. The van der Waals surface area contributed by atoms with Gasteiger partial charge < -0.3 is 10.2 Å². The molecule has 0 unspecified atom stereocenters. The number of carbonyl (C=O) groups excluding carboxylic acids is 2. The fourth-order valence-corrected chi connectivity index (χ4v) is 6.23. The average Bonchev–Trinajstić information content (AvgIpc) is 2.85. The molecule has 38 heavy (non-hydrogen) atoms. The molecule has 1 aliphatic carbocycles. The standard InChI is InChI=1S/C27H34Cl3N3O4S/c1-19(27(35)31-23-9-4-3-5-10-23)32(18-20-13-14-22(29)17-25(20)30)26(34)12-7-15-33(38(2,36)37)24-11-6-8-21(28)16-24/h6,8,11,13-14,16-17,19,23H,3-5,7,9-10,12,15,18H2,1-2H3,(H,31,35)/t19-/m0/s1. The van der Waals surface area contributed by atoms with Gasteiger partial charge in [-0.2, -0.15) is 0 Å². The van der Waals surface area contributed by atoms with Crippen LogP contribution in [0, 0.1) is 0 Å². The Kier molecular flexibility index (Phi) is 11.2. The van der Waals surface area contributed by atoms with Crippen molar-refractivity contribution >= 4 is 62.3 Å². The summed E-state index contributed by atoms with van der Waals surface area (Å²) in [5.41, 5.74) is 1.09. The van der Waals surface area contributed by atoms with E-state index in [1.165, 1.54) is 15.6 Å². The Morgan fingerprint density at radius 2 is 1.71 bits per heavy atom. The van der Waals surface area contributed by atoms with E-state index in [2.05, 4.69) is 5.32 Å². The van der Waals surface area contributed by atoms with Crippen molar-refractivity contribution in [2.24, 2.45) is 0 Å². The summed E-state index contributed by atoms with van der Waals surface area (Å²) in [4.78, 5) is 28.1. The van der Waals surface area contributed by atoms with E-state index < -0.39 is 16.1 Å². The van der Waals surface area contributed by atoms with Gasteiger partial charge in [-0.15, -0.1) is 0 Å². The summed E-state index contributed by atoms with van der Waals surface area (Å²) in [6.07, 6.45) is 6.58. The number of nitrogens with zero attached hydrogens (tertiary/aromatic N) is 2. The van der Waals surface area contributed by atoms with Crippen LogP contribution in [0.4, 0.5) is 5.69 Å². The highest BCUT2D eigenvalue weighted by Gasteiger charge is 2.29. The number of nitrogens with one attached hydrogen (secondary N) is 1. The van der Waals surface area contributed by atoms with Gasteiger partial charge in [0.1, 0.15) is 6.04 Å². The van der Waals surface area contributed by atoms with Crippen molar-refractivity contribution in [3.8, 4) is 0 Å². The van der Waals surface area contributed by atoms with Crippen molar-refractivity contribution in [3.63, 3.8) is 0 Å². The number of benzene rings is 2. The zero-order chi connectivity index (χ0) is 27.9. The Labute approximate surface area is 240 Å². The Morgan fingerprint density at radius 3 is 2.34 bits per heavy atom. The van der Waals surface area contributed by atoms with Crippen LogP contribution >= 0.6 is 34.8 Å². The van der Waals surface area contributed by atoms with Crippen molar-refractivity contribution in [1.82, 2.24) is 10.2 Å². The van der Waals surface area contributed by atoms with Crippen molar-refractivity contribution in [3.05, 3.63) is 63.1 Å². The quantitative estimate of drug-likeness (QED) is 0.339. The summed E-state index contributed by atoms with van der Waals surface area (Å²) in [6.45, 7) is 1.91. The number of rotatable bonds is 11. The number of anilines is 1. The smallest absolute Gasteiger partial charge is 0.242 e. The lowest BCUT2D eigenvalue weighted by Gasteiger charge is -2.32. The summed E-state index contributed by atoms with van der Waals surface area (Å²) in [6, 6.07) is 10.9. The Bertz CT molecular complexity index is 1240. The molecule has 1 fully saturated rings. The molecule has 1 N–H and O–H groups in total. The molecule has 0 heterocycles. The summed E-state index contributed by atoms with van der Waals surface area (Å²) in [5.74, 6) is -0.492. The fourth-order valence-electron chi connectivity index (χ4n) is 4.62. The molecule has 3 rings (SSSR count). The van der Waals surface area contributed by atoms with Crippen LogP contribution in [0.25, 0.3) is 0 Å². The fraction of sp³-hybridized carbons (Fsp3) is 0.481. The molecule has 0 aromatic heterocycles. The molecule has 208 valence electrons. The lowest BCUT2D eigenvalue weighted by molar-refractivity contribution is -0.141. The minimum Gasteiger partial charge on any atom is -0.352 e. The molecule has 2 aromatic rings. The van der Waals surface area contributed by atoms with E-state index in [0.29, 0.717) is 26.3 Å². The maximum Gasteiger partial charge on any atom is 0.242 e. The molecule has 0 radical (unpaired) electrons. The van der Waals surface area contributed by atoms with Crippen LogP contribution in [0.1, 0.15) is 57.4 Å². The lowest BCUT2D eigenvalue weighted by atomic mass is 9.95. The first-order valence-electron chi connectivity index (χ1n) is 12.7. The van der Waals surface area contributed by atoms with Crippen LogP contribution in [0.3, 0.4) is 0 Å². The van der Waals surface area contributed by atoms with Crippen LogP contribution in [0.15, 0.2) is 42.5 Å². The number of hydrogen-bond donors (Lipinski definition) is 1. The molecule has 11 heteroatoms. The van der Waals surface area contributed by atoms with Crippen molar-refractivity contribution in [2.75, 3.05) is 17.1 Å². The van der Waals surface area contributed by atoms with Gasteiger partial charge in [-0.05, 0) is 62.1 Å². The Morgan fingerprint density at radius 1 is 1.03 bits per heavy atom. The summed E-state index contributed by atoms with van der Waals surface area (Å²) in [7, 11) is -3.60. The van der Waals surface area contributed by atoms with E-state index in [1.807, 2.05) is 0 Å². The molecule has 0 saturated heterocycles. The van der Waals surface area contributed by atoms with E-state index in [9.17, 15) is 18.0 Å². The molecular weight excluding hydrogens is 569 g/mol. The van der Waals surface area contributed by atoms with Gasteiger partial charge in [-0.3, -0.25) is 13.9 Å². The van der Waals surface area contributed by atoms with Gasteiger partial charge >= 0.3 is 0 Å². The molecule has 2 amide bonds. The zero-order valence-electron chi connectivity index (χ0n) is 21.6. The first-order valence-corrected chi connectivity index (χ1v) is 15.7. The number of halogens is 3. The first-order chi connectivity index (χ1) is 18.0. The predicted octanol–water partition coefficient (Wildman–Crippen LogP) is 6.06. The second-order valence-electron chi connectivity index (χ2n) is 9.70. The highest BCUT2D eigenvalue weighted by Crippen LogP contribution is 2.25. The van der Waals surface area contributed by atoms with Gasteiger partial charge in [0.05, 0.1) is 11.9 Å². The third-order valence-corrected chi connectivity index (χ3v) is 8.74. The first kappa shape index (κ1) is 30.5. The summed E-state index contributed by atoms with van der Waals surface area (Å²) in [5, 5.41) is 4.39. The van der Waals surface area contributed by atoms with Crippen LogP contribution in [0.2, 0.25) is 15.1 Å². The predicted molar refractivity (Wildman–Crippen MR) is 154 cm³/mol. The second kappa shape index (κ2) is 13.9. The number of hydrogen-bond acceptors (Lipinski definition) is 4. The second-order valence-corrected chi connectivity index (χ2v) is 12.9. The summed E-state index contributed by atoms with van der Waals surface area (Å²) >= 11 is 18.5. The highest BCUT2D eigenvalue weighted by atomic mass is 35.5. The van der Waals surface area contributed by atoms with E-state index in [-0.39, 0.29) is 43.8 Å². The minimum absolute atomic E-state index is 0.0405. The molecule has 0 bridgehead atoms. The van der Waals surface area contributed by atoms with E-state index in [1.54, 1.807) is 49.4 Å². The van der Waals surface area contributed by atoms with Gasteiger partial charge in [0.25, 0.3) is 0 Å². The van der Waals surface area contributed by atoms with Crippen LogP contribution in [0.5, 0.6) is 0 Å². The molecule has 1 saturated carbocycles. The number of amides is 2. The van der Waals surface area contributed by atoms with Crippen molar-refractivity contribution < 1.29 is 18.0 Å². The molecule has 0 spiro atoms. The van der Waals surface area contributed by atoms with Gasteiger partial charge in [0.2, 0.25) is 21.8 Å². The molecule has 1 aliphatic rings. The number of sulfonamides is 1. The SMILES string of the molecule is C[C@@H](C(=O)NC1CCCCC1)N(Cc1ccc(Cl)cc1Cl)C(=O)CCCN(c1cccc(Cl)c1)S(C)(=O)=O. The van der Waals surface area contributed by atoms with Gasteiger partial charge in [-0.25, -0.2) is 8.42 Å². The maximum absolute atomic E-state index is 13.5. The highest BCUT2D eigenvalue weighted by molar-refractivity contribution is 7.92. The average molecular weight is 603 g/mol. The van der Waals surface area contributed by atoms with E-state index >= 15 is 0 Å². The Balaban J connectivity index is 1.74. The van der Waals surface area contributed by atoms with Crippen LogP contribution in [-0.2, 0) is 26.2 Å². The van der Waals surface area contributed by atoms with Gasteiger partial charge in [0.15, 0.2) is 0 Å². The van der Waals surface area contributed by atoms with Gasteiger partial charge in [-0.1, -0.05) is 66.2 Å². The van der Waals surface area contributed by atoms with Crippen molar-refractivity contribution in [2.45, 2.75) is 70.5 Å². The molecule has 2 aromatic carbocycles. The zero-order valence-corrected chi connectivity index (χ0v) is 24.7. The third kappa shape index (κ3) is 8.76. The van der Waals surface area contributed by atoms with Gasteiger partial charge in [0, 0.05) is 40.6 Å². The normalized spacial score (nSPS) is 15.1. The topological polar surface area (TPSA) is 86.8 Å². The summed E-state index contributed by atoms with van der Waals surface area (Å²) < 4.78 is 26.1. The van der Waals surface area contributed by atoms with E-state index in [4.69, 9.17) is 34.8 Å². The van der Waals surface area contributed by atoms with Crippen LogP contribution < -0.4 is 9.62 Å². The Hall–Kier alpha value is -2.00. The minimum atomic E-state index is -3.60. The molecule has 7 nitrogen and oxygen atoms in total. The van der Waals surface area contributed by atoms with Crippen LogP contribution in [-0.4, -0.2) is 50.0 Å². The third-order valence-electron chi connectivity index (χ3n) is 6.72. The lowest BCUT2D eigenvalue weighted by Crippen LogP contribution is -2.50. The molecular formula is C27H34Cl3N3O4S. The largest absolute Gasteiger partial charge is 0.352 e. The van der Waals surface area contributed by atoms with E-state index in [0.717, 1.165) is 31.9 Å². The number of carbonyl (C=O) groups is 2. The molecule has 1 atom stereocenters. The van der Waals surface area contributed by atoms with Crippen molar-refractivity contribution in [1.29, 1.82) is 0 Å².